The Bertz CT molecular complexity index is 411. The predicted molar refractivity (Wildman–Crippen MR) is 68.2 cm³/mol. The van der Waals surface area contributed by atoms with E-state index in [1.54, 1.807) is 6.07 Å². The van der Waals surface area contributed by atoms with Gasteiger partial charge in [0.2, 0.25) is 0 Å². The molecular formula is C12H19N3O2. The van der Waals surface area contributed by atoms with Gasteiger partial charge in [0.25, 0.3) is 0 Å². The zero-order valence-corrected chi connectivity index (χ0v) is 10.4. The fourth-order valence-corrected chi connectivity index (χ4v) is 1.29. The zero-order valence-electron chi connectivity index (χ0n) is 10.4. The molecule has 1 aromatic heterocycles. The van der Waals surface area contributed by atoms with E-state index in [0.717, 1.165) is 6.42 Å². The van der Waals surface area contributed by atoms with E-state index in [0.29, 0.717) is 18.1 Å². The first kappa shape index (κ1) is 13.3. The minimum absolute atomic E-state index is 0.00235. The lowest BCUT2D eigenvalue weighted by molar-refractivity contribution is 0.0690. The fourth-order valence-electron chi connectivity index (χ4n) is 1.29. The standard InChI is InChI=1S/C12H19N3O2/c1-12(2,3)6-7-14-10-8(13)4-5-9(15-10)11(16)17/h4-5H,6-7,13H2,1-3H3,(H,14,15)(H,16,17). The van der Waals surface area contributed by atoms with Gasteiger partial charge in [0.15, 0.2) is 5.69 Å². The van der Waals surface area contributed by atoms with Gasteiger partial charge in [-0.2, -0.15) is 0 Å². The van der Waals surface area contributed by atoms with Crippen LogP contribution in [-0.2, 0) is 0 Å². The molecule has 0 fully saturated rings. The highest BCUT2D eigenvalue weighted by Gasteiger charge is 2.11. The van der Waals surface area contributed by atoms with Crippen LogP contribution >= 0.6 is 0 Å². The van der Waals surface area contributed by atoms with E-state index in [4.69, 9.17) is 10.8 Å². The maximum atomic E-state index is 10.8. The molecule has 5 nitrogen and oxygen atoms in total. The lowest BCUT2D eigenvalue weighted by atomic mass is 9.92. The first-order valence-electron chi connectivity index (χ1n) is 5.53. The molecule has 0 saturated carbocycles. The number of rotatable bonds is 4. The minimum atomic E-state index is -1.05. The van der Waals surface area contributed by atoms with Crippen molar-refractivity contribution in [1.29, 1.82) is 0 Å². The molecule has 0 aliphatic carbocycles. The molecule has 4 N–H and O–H groups in total. The number of pyridine rings is 1. The number of hydrogen-bond donors (Lipinski definition) is 3. The van der Waals surface area contributed by atoms with Gasteiger partial charge in [0, 0.05) is 6.54 Å². The number of nitrogens with zero attached hydrogens (tertiary/aromatic N) is 1. The summed E-state index contributed by atoms with van der Waals surface area (Å²) in [6, 6.07) is 2.95. The van der Waals surface area contributed by atoms with Gasteiger partial charge >= 0.3 is 5.97 Å². The van der Waals surface area contributed by atoms with Crippen molar-refractivity contribution >= 4 is 17.5 Å². The summed E-state index contributed by atoms with van der Waals surface area (Å²) in [5.74, 6) is -0.613. The van der Waals surface area contributed by atoms with Crippen molar-refractivity contribution in [2.45, 2.75) is 27.2 Å². The molecule has 0 spiro atoms. The number of hydrogen-bond acceptors (Lipinski definition) is 4. The monoisotopic (exact) mass is 237 g/mol. The van der Waals surface area contributed by atoms with Gasteiger partial charge in [0.05, 0.1) is 5.69 Å². The Labute approximate surface area is 101 Å². The summed E-state index contributed by atoms with van der Waals surface area (Å²) in [6.45, 7) is 7.13. The number of aromatic carboxylic acids is 1. The Kier molecular flexibility index (Phi) is 3.93. The highest BCUT2D eigenvalue weighted by Crippen LogP contribution is 2.20. The van der Waals surface area contributed by atoms with E-state index in [9.17, 15) is 4.79 Å². The number of carboxylic acids is 1. The van der Waals surface area contributed by atoms with Crippen molar-refractivity contribution < 1.29 is 9.90 Å². The van der Waals surface area contributed by atoms with Gasteiger partial charge in [-0.3, -0.25) is 0 Å². The van der Waals surface area contributed by atoms with Crippen molar-refractivity contribution in [2.24, 2.45) is 5.41 Å². The van der Waals surface area contributed by atoms with Crippen molar-refractivity contribution in [1.82, 2.24) is 4.98 Å². The second-order valence-electron chi connectivity index (χ2n) is 5.18. The van der Waals surface area contributed by atoms with E-state index >= 15 is 0 Å². The summed E-state index contributed by atoms with van der Waals surface area (Å²) >= 11 is 0. The lowest BCUT2D eigenvalue weighted by Gasteiger charge is -2.18. The molecule has 0 atom stereocenters. The molecule has 0 bridgehead atoms. The van der Waals surface area contributed by atoms with Gasteiger partial charge in [-0.25, -0.2) is 9.78 Å². The Hall–Kier alpha value is -1.78. The lowest BCUT2D eigenvalue weighted by Crippen LogP contribution is -2.15. The van der Waals surface area contributed by atoms with Crippen LogP contribution in [-0.4, -0.2) is 22.6 Å². The molecule has 0 aromatic carbocycles. The molecule has 0 amide bonds. The van der Waals surface area contributed by atoms with Gasteiger partial charge in [-0.05, 0) is 24.0 Å². The van der Waals surface area contributed by atoms with Crippen LogP contribution in [0.4, 0.5) is 11.5 Å². The molecule has 5 heteroatoms. The van der Waals surface area contributed by atoms with Crippen LogP contribution in [0.5, 0.6) is 0 Å². The first-order valence-corrected chi connectivity index (χ1v) is 5.53. The van der Waals surface area contributed by atoms with Crippen LogP contribution in [0, 0.1) is 5.41 Å². The molecule has 0 aliphatic rings. The van der Waals surface area contributed by atoms with Gasteiger partial charge < -0.3 is 16.2 Å². The molecule has 1 heterocycles. The summed E-state index contributed by atoms with van der Waals surface area (Å²) in [7, 11) is 0. The molecule has 0 radical (unpaired) electrons. The molecular weight excluding hydrogens is 218 g/mol. The highest BCUT2D eigenvalue weighted by molar-refractivity contribution is 5.86. The average molecular weight is 237 g/mol. The minimum Gasteiger partial charge on any atom is -0.477 e. The van der Waals surface area contributed by atoms with E-state index in [-0.39, 0.29) is 11.1 Å². The summed E-state index contributed by atoms with van der Waals surface area (Å²) in [4.78, 5) is 14.7. The second-order valence-corrected chi connectivity index (χ2v) is 5.18. The molecule has 1 rings (SSSR count). The van der Waals surface area contributed by atoms with E-state index in [1.807, 2.05) is 0 Å². The third kappa shape index (κ3) is 4.30. The quantitative estimate of drug-likeness (QED) is 0.747. The number of carboxylic acid groups (broad SMARTS) is 1. The Morgan fingerprint density at radius 2 is 2.12 bits per heavy atom. The first-order chi connectivity index (χ1) is 7.79. The zero-order chi connectivity index (χ0) is 13.1. The van der Waals surface area contributed by atoms with Crippen LogP contribution in [0.15, 0.2) is 12.1 Å². The van der Waals surface area contributed by atoms with Gasteiger partial charge in [-0.15, -0.1) is 0 Å². The van der Waals surface area contributed by atoms with Crippen molar-refractivity contribution in [3.63, 3.8) is 0 Å². The Morgan fingerprint density at radius 1 is 1.47 bits per heavy atom. The summed E-state index contributed by atoms with van der Waals surface area (Å²) in [6.07, 6.45) is 0.950. The maximum Gasteiger partial charge on any atom is 0.354 e. The van der Waals surface area contributed by atoms with Crippen LogP contribution in [0.3, 0.4) is 0 Å². The van der Waals surface area contributed by atoms with E-state index < -0.39 is 5.97 Å². The topological polar surface area (TPSA) is 88.2 Å². The number of anilines is 2. The predicted octanol–water partition coefficient (Wildman–Crippen LogP) is 2.21. The fraction of sp³-hybridized carbons (Fsp3) is 0.500. The maximum absolute atomic E-state index is 10.8. The summed E-state index contributed by atoms with van der Waals surface area (Å²) in [5, 5.41) is 11.9. The van der Waals surface area contributed by atoms with E-state index in [1.165, 1.54) is 6.07 Å². The Morgan fingerprint density at radius 3 is 2.65 bits per heavy atom. The summed E-state index contributed by atoms with van der Waals surface area (Å²) < 4.78 is 0. The SMILES string of the molecule is CC(C)(C)CCNc1nc(C(=O)O)ccc1N. The Balaban J connectivity index is 2.70. The smallest absolute Gasteiger partial charge is 0.354 e. The number of aromatic nitrogens is 1. The second kappa shape index (κ2) is 5.03. The number of nitrogens with two attached hydrogens (primary N) is 1. The summed E-state index contributed by atoms with van der Waals surface area (Å²) in [5.41, 5.74) is 6.40. The van der Waals surface area contributed by atoms with Crippen molar-refractivity contribution in [3.8, 4) is 0 Å². The van der Waals surface area contributed by atoms with Gasteiger partial charge in [-0.1, -0.05) is 20.8 Å². The number of carbonyl (C=O) groups is 1. The van der Waals surface area contributed by atoms with Crippen LogP contribution in [0.1, 0.15) is 37.7 Å². The molecule has 0 unspecified atom stereocenters. The largest absolute Gasteiger partial charge is 0.477 e. The molecule has 0 saturated heterocycles. The third-order valence-corrected chi connectivity index (χ3v) is 2.31. The van der Waals surface area contributed by atoms with Crippen molar-refractivity contribution in [3.05, 3.63) is 17.8 Å². The highest BCUT2D eigenvalue weighted by atomic mass is 16.4. The molecule has 94 valence electrons. The van der Waals surface area contributed by atoms with Gasteiger partial charge in [0.1, 0.15) is 5.82 Å². The van der Waals surface area contributed by atoms with Crippen LogP contribution in [0.2, 0.25) is 0 Å². The third-order valence-electron chi connectivity index (χ3n) is 2.31. The van der Waals surface area contributed by atoms with Crippen LogP contribution < -0.4 is 11.1 Å². The normalized spacial score (nSPS) is 11.2. The van der Waals surface area contributed by atoms with Crippen molar-refractivity contribution in [2.75, 3.05) is 17.6 Å². The molecule has 17 heavy (non-hydrogen) atoms. The van der Waals surface area contributed by atoms with Crippen LogP contribution in [0.25, 0.3) is 0 Å². The number of nitrogens with one attached hydrogen (secondary N) is 1. The molecule has 0 aliphatic heterocycles. The average Bonchev–Trinajstić information content (AvgIpc) is 2.18. The van der Waals surface area contributed by atoms with E-state index in [2.05, 4.69) is 31.1 Å². The number of nitrogen functional groups attached to an aromatic ring is 1. The molecule has 1 aromatic rings.